The average molecular weight is 339 g/mol. The van der Waals surface area contributed by atoms with Crippen LogP contribution in [0.5, 0.6) is 0 Å². The first-order chi connectivity index (χ1) is 8.69. The van der Waals surface area contributed by atoms with Crippen molar-refractivity contribution in [3.63, 3.8) is 0 Å². The van der Waals surface area contributed by atoms with Gasteiger partial charge in [-0.15, -0.1) is 24.8 Å². The first-order valence-electron chi connectivity index (χ1n) is 6.30. The molecule has 3 rings (SSSR count). The van der Waals surface area contributed by atoms with E-state index < -0.39 is 0 Å². The third kappa shape index (κ3) is 3.37. The van der Waals surface area contributed by atoms with Crippen molar-refractivity contribution < 1.29 is 4.79 Å². The van der Waals surface area contributed by atoms with Crippen LogP contribution < -0.4 is 5.32 Å². The maximum atomic E-state index is 12.3. The Morgan fingerprint density at radius 1 is 1.35 bits per heavy atom. The molecule has 2 saturated heterocycles. The highest BCUT2D eigenvalue weighted by atomic mass is 35.5. The SMILES string of the molecule is Cl.Cl.O=C(c1ccc(Cl)cn1)N1CCC2(CCNC2)C1. The summed E-state index contributed by atoms with van der Waals surface area (Å²) in [6, 6.07) is 3.41. The minimum absolute atomic E-state index is 0. The van der Waals surface area contributed by atoms with E-state index in [-0.39, 0.29) is 30.7 Å². The van der Waals surface area contributed by atoms with Gasteiger partial charge in [0.25, 0.3) is 5.91 Å². The standard InChI is InChI=1S/C13H16ClN3O.2ClH/c14-10-1-2-11(16-7-10)12(18)17-6-4-13(9-17)3-5-15-8-13;;/h1-2,7,15H,3-6,8-9H2;2*1H. The minimum atomic E-state index is 0. The number of nitrogens with one attached hydrogen (secondary N) is 1. The first kappa shape index (κ1) is 17.5. The van der Waals surface area contributed by atoms with E-state index in [9.17, 15) is 4.79 Å². The fourth-order valence-corrected chi connectivity index (χ4v) is 3.03. The summed E-state index contributed by atoms with van der Waals surface area (Å²) < 4.78 is 0. The Labute approximate surface area is 136 Å². The maximum Gasteiger partial charge on any atom is 0.272 e. The number of amides is 1. The molecule has 1 amide bonds. The summed E-state index contributed by atoms with van der Waals surface area (Å²) in [4.78, 5) is 18.3. The third-order valence-corrected chi connectivity index (χ3v) is 4.23. The van der Waals surface area contributed by atoms with E-state index in [1.807, 2.05) is 4.90 Å². The van der Waals surface area contributed by atoms with Gasteiger partial charge < -0.3 is 10.2 Å². The molecule has 1 aromatic heterocycles. The van der Waals surface area contributed by atoms with Crippen molar-refractivity contribution >= 4 is 42.3 Å². The second-order valence-electron chi connectivity index (χ2n) is 5.27. The predicted octanol–water partition coefficient (Wildman–Crippen LogP) is 2.40. The van der Waals surface area contributed by atoms with E-state index in [4.69, 9.17) is 11.6 Å². The highest BCUT2D eigenvalue weighted by Gasteiger charge is 2.42. The van der Waals surface area contributed by atoms with E-state index in [1.165, 1.54) is 12.6 Å². The van der Waals surface area contributed by atoms with Gasteiger partial charge >= 0.3 is 0 Å². The van der Waals surface area contributed by atoms with Crippen LogP contribution in [0, 0.1) is 5.41 Å². The van der Waals surface area contributed by atoms with Gasteiger partial charge in [0, 0.05) is 31.2 Å². The summed E-state index contributed by atoms with van der Waals surface area (Å²) in [5, 5.41) is 3.95. The Morgan fingerprint density at radius 3 is 2.75 bits per heavy atom. The molecule has 112 valence electrons. The fourth-order valence-electron chi connectivity index (χ4n) is 2.92. The molecule has 0 bridgehead atoms. The van der Waals surface area contributed by atoms with Crippen LogP contribution in [0.25, 0.3) is 0 Å². The van der Waals surface area contributed by atoms with Crippen molar-refractivity contribution in [3.8, 4) is 0 Å². The molecule has 1 unspecified atom stereocenters. The highest BCUT2D eigenvalue weighted by molar-refractivity contribution is 6.30. The molecule has 2 fully saturated rings. The van der Waals surface area contributed by atoms with Gasteiger partial charge in [-0.2, -0.15) is 0 Å². The van der Waals surface area contributed by atoms with Crippen LogP contribution in [0.15, 0.2) is 18.3 Å². The van der Waals surface area contributed by atoms with E-state index in [1.54, 1.807) is 12.1 Å². The molecule has 3 heterocycles. The van der Waals surface area contributed by atoms with Crippen molar-refractivity contribution in [1.29, 1.82) is 0 Å². The Kier molecular flexibility index (Phi) is 6.07. The van der Waals surface area contributed by atoms with Crippen LogP contribution in [0.1, 0.15) is 23.3 Å². The number of rotatable bonds is 1. The molecule has 1 spiro atoms. The normalized spacial score (nSPS) is 24.4. The number of likely N-dealkylation sites (tertiary alicyclic amines) is 1. The highest BCUT2D eigenvalue weighted by Crippen LogP contribution is 2.36. The number of hydrogen-bond acceptors (Lipinski definition) is 3. The van der Waals surface area contributed by atoms with E-state index in [2.05, 4.69) is 10.3 Å². The summed E-state index contributed by atoms with van der Waals surface area (Å²) in [6.45, 7) is 3.79. The molecule has 0 saturated carbocycles. The van der Waals surface area contributed by atoms with Gasteiger partial charge in [-0.1, -0.05) is 11.6 Å². The Hall–Kier alpha value is -0.550. The number of carbonyl (C=O) groups excluding carboxylic acids is 1. The zero-order valence-corrected chi connectivity index (χ0v) is 13.4. The number of pyridine rings is 1. The monoisotopic (exact) mass is 337 g/mol. The third-order valence-electron chi connectivity index (χ3n) is 4.00. The molecule has 0 aromatic carbocycles. The van der Waals surface area contributed by atoms with Gasteiger partial charge in [-0.3, -0.25) is 4.79 Å². The van der Waals surface area contributed by atoms with Crippen LogP contribution in [-0.4, -0.2) is 42.0 Å². The second kappa shape index (κ2) is 6.94. The Balaban J connectivity index is 0.000001000. The van der Waals surface area contributed by atoms with Crippen molar-refractivity contribution in [2.24, 2.45) is 5.41 Å². The zero-order valence-electron chi connectivity index (χ0n) is 11.0. The number of carbonyl (C=O) groups is 1. The van der Waals surface area contributed by atoms with Gasteiger partial charge in [0.15, 0.2) is 0 Å². The van der Waals surface area contributed by atoms with Crippen LogP contribution in [0.2, 0.25) is 5.02 Å². The maximum absolute atomic E-state index is 12.3. The second-order valence-corrected chi connectivity index (χ2v) is 5.70. The van der Waals surface area contributed by atoms with E-state index in [0.717, 1.165) is 32.6 Å². The number of hydrogen-bond donors (Lipinski definition) is 1. The molecule has 2 aliphatic rings. The van der Waals surface area contributed by atoms with Crippen LogP contribution in [-0.2, 0) is 0 Å². The van der Waals surface area contributed by atoms with Gasteiger partial charge in [-0.05, 0) is 31.5 Å². The van der Waals surface area contributed by atoms with Gasteiger partial charge in [-0.25, -0.2) is 4.98 Å². The topological polar surface area (TPSA) is 45.2 Å². The molecule has 20 heavy (non-hydrogen) atoms. The largest absolute Gasteiger partial charge is 0.337 e. The van der Waals surface area contributed by atoms with Gasteiger partial charge in [0.2, 0.25) is 0 Å². The van der Waals surface area contributed by atoms with Crippen molar-refractivity contribution in [2.75, 3.05) is 26.2 Å². The van der Waals surface area contributed by atoms with Crippen molar-refractivity contribution in [3.05, 3.63) is 29.0 Å². The van der Waals surface area contributed by atoms with Gasteiger partial charge in [0.1, 0.15) is 5.69 Å². The summed E-state index contributed by atoms with van der Waals surface area (Å²) in [6.07, 6.45) is 3.79. The summed E-state index contributed by atoms with van der Waals surface area (Å²) in [5.41, 5.74) is 0.796. The Bertz CT molecular complexity index is 460. The Morgan fingerprint density at radius 2 is 2.15 bits per heavy atom. The molecule has 1 N–H and O–H groups in total. The average Bonchev–Trinajstić information content (AvgIpc) is 3.01. The van der Waals surface area contributed by atoms with Crippen molar-refractivity contribution in [1.82, 2.24) is 15.2 Å². The molecule has 0 aliphatic carbocycles. The van der Waals surface area contributed by atoms with Crippen molar-refractivity contribution in [2.45, 2.75) is 12.8 Å². The lowest BCUT2D eigenvalue weighted by Crippen LogP contribution is -2.33. The molecule has 7 heteroatoms. The van der Waals surface area contributed by atoms with Gasteiger partial charge in [0.05, 0.1) is 5.02 Å². The number of aromatic nitrogens is 1. The fraction of sp³-hybridized carbons (Fsp3) is 0.538. The van der Waals surface area contributed by atoms with Crippen LogP contribution in [0.4, 0.5) is 0 Å². The zero-order chi connectivity index (χ0) is 12.6. The van der Waals surface area contributed by atoms with Crippen LogP contribution >= 0.6 is 36.4 Å². The molecular formula is C13H18Cl3N3O. The molecule has 1 atom stereocenters. The predicted molar refractivity (Wildman–Crippen MR) is 84.2 cm³/mol. The minimum Gasteiger partial charge on any atom is -0.337 e. The molecule has 1 aromatic rings. The molecule has 4 nitrogen and oxygen atoms in total. The summed E-state index contributed by atoms with van der Waals surface area (Å²) in [5.74, 6) is 0.0236. The van der Waals surface area contributed by atoms with E-state index in [0.29, 0.717) is 16.1 Å². The molecule has 2 aliphatic heterocycles. The molecular weight excluding hydrogens is 321 g/mol. The molecule has 0 radical (unpaired) electrons. The van der Waals surface area contributed by atoms with Crippen LogP contribution in [0.3, 0.4) is 0 Å². The quantitative estimate of drug-likeness (QED) is 0.855. The lowest BCUT2D eigenvalue weighted by Gasteiger charge is -2.22. The van der Waals surface area contributed by atoms with E-state index >= 15 is 0 Å². The first-order valence-corrected chi connectivity index (χ1v) is 6.68. The number of halogens is 3. The lowest BCUT2D eigenvalue weighted by molar-refractivity contribution is 0.0770. The number of nitrogens with zero attached hydrogens (tertiary/aromatic N) is 2. The summed E-state index contributed by atoms with van der Waals surface area (Å²) in [7, 11) is 0. The lowest BCUT2D eigenvalue weighted by atomic mass is 9.87. The summed E-state index contributed by atoms with van der Waals surface area (Å²) >= 11 is 5.78. The smallest absolute Gasteiger partial charge is 0.272 e.